The Hall–Kier alpha value is -1.75. The minimum Gasteiger partial charge on any atom is -0.466 e. The molecule has 0 fully saturated rings. The third-order valence-corrected chi connectivity index (χ3v) is 4.05. The smallest absolute Gasteiger partial charge is 0.330 e. The van der Waals surface area contributed by atoms with E-state index in [1.807, 2.05) is 24.3 Å². The van der Waals surface area contributed by atoms with Crippen LogP contribution in [0.25, 0.3) is 0 Å². The first kappa shape index (κ1) is 13.7. The second-order valence-corrected chi connectivity index (χ2v) is 5.13. The van der Waals surface area contributed by atoms with Gasteiger partial charge in [-0.05, 0) is 11.6 Å². The molecular weight excluding hydrogens is 262 g/mol. The van der Waals surface area contributed by atoms with Gasteiger partial charge in [0.2, 0.25) is 5.91 Å². The minimum atomic E-state index is -0.420. The van der Waals surface area contributed by atoms with Gasteiger partial charge in [-0.3, -0.25) is 4.79 Å². The lowest BCUT2D eigenvalue weighted by molar-refractivity contribution is -0.134. The number of carbonyl (C=O) groups is 2. The van der Waals surface area contributed by atoms with Crippen LogP contribution in [0.4, 0.5) is 0 Å². The van der Waals surface area contributed by atoms with Crippen molar-refractivity contribution in [2.24, 2.45) is 0 Å². The van der Waals surface area contributed by atoms with E-state index in [0.29, 0.717) is 6.54 Å². The second kappa shape index (κ2) is 6.43. The molecular formula is C14H15NO3S. The second-order valence-electron chi connectivity index (χ2n) is 4.07. The van der Waals surface area contributed by atoms with Gasteiger partial charge in [-0.25, -0.2) is 4.79 Å². The van der Waals surface area contributed by atoms with Crippen molar-refractivity contribution in [3.63, 3.8) is 0 Å². The lowest BCUT2D eigenvalue weighted by atomic mass is 10.0. The average molecular weight is 277 g/mol. The quantitative estimate of drug-likeness (QED) is 0.672. The van der Waals surface area contributed by atoms with Crippen LogP contribution in [0.1, 0.15) is 11.5 Å². The van der Waals surface area contributed by atoms with E-state index >= 15 is 0 Å². The van der Waals surface area contributed by atoms with Gasteiger partial charge in [0.1, 0.15) is 0 Å². The topological polar surface area (TPSA) is 55.4 Å². The zero-order valence-corrected chi connectivity index (χ0v) is 11.4. The van der Waals surface area contributed by atoms with Crippen LogP contribution in [-0.4, -0.2) is 31.3 Å². The number of methoxy groups -OCH3 is 1. The van der Waals surface area contributed by atoms with E-state index in [9.17, 15) is 9.59 Å². The van der Waals surface area contributed by atoms with Crippen molar-refractivity contribution >= 4 is 23.6 Å². The molecule has 1 N–H and O–H groups in total. The summed E-state index contributed by atoms with van der Waals surface area (Å²) in [5.41, 5.74) is 1.09. The molecule has 100 valence electrons. The number of thioether (sulfide) groups is 1. The maximum absolute atomic E-state index is 12.0. The first-order valence-corrected chi connectivity index (χ1v) is 6.95. The molecule has 5 heteroatoms. The highest BCUT2D eigenvalue weighted by atomic mass is 32.2. The molecule has 0 saturated carbocycles. The maximum atomic E-state index is 12.0. The molecule has 2 rings (SSSR count). The summed E-state index contributed by atoms with van der Waals surface area (Å²) in [6, 6.07) is 7.95. The molecule has 1 aliphatic rings. The molecule has 0 spiro atoms. The number of esters is 1. The van der Waals surface area contributed by atoms with E-state index < -0.39 is 5.97 Å². The lowest BCUT2D eigenvalue weighted by Crippen LogP contribution is -2.29. The number of hydrogen-bond acceptors (Lipinski definition) is 4. The Labute approximate surface area is 116 Å². The van der Waals surface area contributed by atoms with Gasteiger partial charge < -0.3 is 10.1 Å². The molecule has 19 heavy (non-hydrogen) atoms. The van der Waals surface area contributed by atoms with Gasteiger partial charge in [-0.15, -0.1) is 11.8 Å². The summed E-state index contributed by atoms with van der Waals surface area (Å²) in [5.74, 6) is 0.238. The molecule has 0 bridgehead atoms. The fraction of sp³-hybridized carbons (Fsp3) is 0.286. The number of fused-ring (bicyclic) bond motifs is 1. The Morgan fingerprint density at radius 2 is 2.26 bits per heavy atom. The van der Waals surface area contributed by atoms with Gasteiger partial charge >= 0.3 is 5.97 Å². The van der Waals surface area contributed by atoms with Crippen molar-refractivity contribution in [2.75, 3.05) is 19.4 Å². The Kier molecular flexibility index (Phi) is 4.63. The van der Waals surface area contributed by atoms with E-state index in [1.54, 1.807) is 17.8 Å². The summed E-state index contributed by atoms with van der Waals surface area (Å²) in [7, 11) is 1.32. The van der Waals surface area contributed by atoms with Crippen molar-refractivity contribution in [2.45, 2.75) is 10.8 Å². The molecule has 1 aliphatic heterocycles. The molecule has 0 radical (unpaired) electrons. The van der Waals surface area contributed by atoms with E-state index in [-0.39, 0.29) is 11.8 Å². The number of amides is 1. The van der Waals surface area contributed by atoms with Crippen LogP contribution in [0.2, 0.25) is 0 Å². The third-order valence-electron chi connectivity index (χ3n) is 2.87. The zero-order valence-electron chi connectivity index (χ0n) is 10.6. The highest BCUT2D eigenvalue weighted by molar-refractivity contribution is 7.99. The number of ether oxygens (including phenoxy) is 1. The maximum Gasteiger partial charge on any atom is 0.330 e. The Balaban J connectivity index is 1.88. The van der Waals surface area contributed by atoms with Crippen molar-refractivity contribution in [3.05, 3.63) is 42.0 Å². The van der Waals surface area contributed by atoms with E-state index in [2.05, 4.69) is 10.1 Å². The summed E-state index contributed by atoms with van der Waals surface area (Å²) in [4.78, 5) is 24.1. The predicted octanol–water partition coefficient (Wildman–Crippen LogP) is 1.72. The highest BCUT2D eigenvalue weighted by Gasteiger charge is 2.28. The third kappa shape index (κ3) is 3.38. The number of benzene rings is 1. The Morgan fingerprint density at radius 1 is 1.47 bits per heavy atom. The molecule has 1 aromatic rings. The molecule has 4 nitrogen and oxygen atoms in total. The first-order chi connectivity index (χ1) is 9.22. The fourth-order valence-corrected chi connectivity index (χ4v) is 3.11. The fourth-order valence-electron chi connectivity index (χ4n) is 1.89. The van der Waals surface area contributed by atoms with Crippen LogP contribution in [0.3, 0.4) is 0 Å². The molecule has 0 saturated heterocycles. The summed E-state index contributed by atoms with van der Waals surface area (Å²) < 4.78 is 4.46. The number of rotatable bonds is 4. The van der Waals surface area contributed by atoms with Crippen LogP contribution >= 0.6 is 11.8 Å². The van der Waals surface area contributed by atoms with Gasteiger partial charge in [0.15, 0.2) is 0 Å². The molecule has 1 aromatic carbocycles. The van der Waals surface area contributed by atoms with Crippen LogP contribution in [0.5, 0.6) is 0 Å². The van der Waals surface area contributed by atoms with Crippen molar-refractivity contribution in [1.29, 1.82) is 0 Å². The molecule has 1 heterocycles. The van der Waals surface area contributed by atoms with Gasteiger partial charge in [0.25, 0.3) is 0 Å². The summed E-state index contributed by atoms with van der Waals surface area (Å²) in [6.07, 6.45) is 2.88. The van der Waals surface area contributed by atoms with Crippen molar-refractivity contribution < 1.29 is 14.3 Å². The number of nitrogens with one attached hydrogen (secondary N) is 1. The zero-order chi connectivity index (χ0) is 13.7. The van der Waals surface area contributed by atoms with Crippen LogP contribution < -0.4 is 5.32 Å². The highest BCUT2D eigenvalue weighted by Crippen LogP contribution is 2.39. The van der Waals surface area contributed by atoms with Gasteiger partial charge in [-0.1, -0.05) is 24.3 Å². The van der Waals surface area contributed by atoms with Crippen molar-refractivity contribution in [3.8, 4) is 0 Å². The normalized spacial score (nSPS) is 17.2. The van der Waals surface area contributed by atoms with E-state index in [0.717, 1.165) is 11.3 Å². The standard InChI is InChI=1S/C14H15NO3S/c1-18-13(16)7-4-8-15-14(17)11-9-19-12-6-3-2-5-10(11)12/h2-7,11H,8-9H2,1H3,(H,15,17)/b7-4+. The van der Waals surface area contributed by atoms with E-state index in [4.69, 9.17) is 0 Å². The van der Waals surface area contributed by atoms with Crippen LogP contribution in [-0.2, 0) is 14.3 Å². The van der Waals surface area contributed by atoms with Gasteiger partial charge in [-0.2, -0.15) is 0 Å². The average Bonchev–Trinajstić information content (AvgIpc) is 2.87. The Morgan fingerprint density at radius 3 is 3.05 bits per heavy atom. The van der Waals surface area contributed by atoms with Gasteiger partial charge in [0, 0.05) is 23.3 Å². The first-order valence-electron chi connectivity index (χ1n) is 5.96. The molecule has 0 aliphatic carbocycles. The molecule has 0 aromatic heterocycles. The summed E-state index contributed by atoms with van der Waals surface area (Å²) in [5, 5.41) is 2.80. The largest absolute Gasteiger partial charge is 0.466 e. The predicted molar refractivity (Wildman–Crippen MR) is 74.1 cm³/mol. The number of carbonyl (C=O) groups excluding carboxylic acids is 2. The van der Waals surface area contributed by atoms with Crippen LogP contribution in [0, 0.1) is 0 Å². The minimum absolute atomic E-state index is 0.00744. The molecule has 1 atom stereocenters. The van der Waals surface area contributed by atoms with Crippen molar-refractivity contribution in [1.82, 2.24) is 5.32 Å². The number of hydrogen-bond donors (Lipinski definition) is 1. The summed E-state index contributed by atoms with van der Waals surface area (Å²) in [6.45, 7) is 0.331. The molecule has 1 amide bonds. The van der Waals surface area contributed by atoms with Crippen LogP contribution in [0.15, 0.2) is 41.3 Å². The molecule has 1 unspecified atom stereocenters. The van der Waals surface area contributed by atoms with Gasteiger partial charge in [0.05, 0.1) is 13.0 Å². The lowest BCUT2D eigenvalue weighted by Gasteiger charge is -2.10. The SMILES string of the molecule is COC(=O)/C=C/CNC(=O)C1CSc2ccccc21. The Bertz CT molecular complexity index is 513. The monoisotopic (exact) mass is 277 g/mol. The van der Waals surface area contributed by atoms with E-state index in [1.165, 1.54) is 18.1 Å². The summed E-state index contributed by atoms with van der Waals surface area (Å²) >= 11 is 1.70.